The van der Waals surface area contributed by atoms with E-state index >= 15 is 0 Å². The van der Waals surface area contributed by atoms with Crippen LogP contribution in [0.3, 0.4) is 0 Å². The highest BCUT2D eigenvalue weighted by molar-refractivity contribution is 5.95. The molecule has 0 atom stereocenters. The Morgan fingerprint density at radius 3 is 2.60 bits per heavy atom. The number of hydrogen-bond donors (Lipinski definition) is 0. The predicted molar refractivity (Wildman–Crippen MR) is 76.6 cm³/mol. The van der Waals surface area contributed by atoms with Crippen LogP contribution in [-0.2, 0) is 6.42 Å². The number of aromatic nitrogens is 4. The van der Waals surface area contributed by atoms with Crippen molar-refractivity contribution in [2.45, 2.75) is 46.1 Å². The standard InChI is InChI=1S/C15H20N4O/c1-4-13(5-2)19-7-6-12(18-19)8-15(20)14-10-16-11(3)9-17-14/h6-7,9-10,13H,4-5,8H2,1-3H3. The number of ketones is 1. The zero-order valence-electron chi connectivity index (χ0n) is 12.2. The molecule has 2 aromatic heterocycles. The third kappa shape index (κ3) is 3.29. The van der Waals surface area contributed by atoms with E-state index in [4.69, 9.17) is 0 Å². The molecule has 0 saturated heterocycles. The van der Waals surface area contributed by atoms with Gasteiger partial charge in [0.15, 0.2) is 5.78 Å². The average molecular weight is 272 g/mol. The van der Waals surface area contributed by atoms with Crippen molar-refractivity contribution in [1.29, 1.82) is 0 Å². The molecule has 0 saturated carbocycles. The first-order valence-corrected chi connectivity index (χ1v) is 6.99. The minimum Gasteiger partial charge on any atom is -0.292 e. The van der Waals surface area contributed by atoms with Crippen LogP contribution in [0, 0.1) is 6.92 Å². The van der Waals surface area contributed by atoms with Crippen LogP contribution >= 0.6 is 0 Å². The lowest BCUT2D eigenvalue weighted by Crippen LogP contribution is -2.10. The summed E-state index contributed by atoms with van der Waals surface area (Å²) in [4.78, 5) is 20.3. The van der Waals surface area contributed by atoms with Gasteiger partial charge in [-0.15, -0.1) is 0 Å². The Labute approximate surface area is 119 Å². The fraction of sp³-hybridized carbons (Fsp3) is 0.467. The number of carbonyl (C=O) groups is 1. The molecule has 0 unspecified atom stereocenters. The maximum Gasteiger partial charge on any atom is 0.188 e. The third-order valence-electron chi connectivity index (χ3n) is 3.39. The molecule has 106 valence electrons. The van der Waals surface area contributed by atoms with E-state index in [2.05, 4.69) is 28.9 Å². The predicted octanol–water partition coefficient (Wildman–Crippen LogP) is 2.77. The van der Waals surface area contributed by atoms with Crippen LogP contribution in [0.2, 0.25) is 0 Å². The zero-order chi connectivity index (χ0) is 14.5. The van der Waals surface area contributed by atoms with Gasteiger partial charge >= 0.3 is 0 Å². The highest BCUT2D eigenvalue weighted by atomic mass is 16.1. The molecular formula is C15H20N4O. The second kappa shape index (κ2) is 6.41. The van der Waals surface area contributed by atoms with Crippen LogP contribution in [0.5, 0.6) is 0 Å². The molecule has 0 aliphatic rings. The monoisotopic (exact) mass is 272 g/mol. The molecule has 2 aromatic rings. The van der Waals surface area contributed by atoms with Crippen LogP contribution in [0.1, 0.15) is 54.6 Å². The van der Waals surface area contributed by atoms with Gasteiger partial charge in [-0.05, 0) is 25.8 Å². The second-order valence-electron chi connectivity index (χ2n) is 4.90. The van der Waals surface area contributed by atoms with Crippen LogP contribution in [0.4, 0.5) is 0 Å². The first-order valence-electron chi connectivity index (χ1n) is 6.99. The van der Waals surface area contributed by atoms with Crippen LogP contribution in [-0.4, -0.2) is 25.5 Å². The summed E-state index contributed by atoms with van der Waals surface area (Å²) in [7, 11) is 0. The van der Waals surface area contributed by atoms with Crippen molar-refractivity contribution < 1.29 is 4.79 Å². The van der Waals surface area contributed by atoms with Crippen molar-refractivity contribution >= 4 is 5.78 Å². The molecular weight excluding hydrogens is 252 g/mol. The smallest absolute Gasteiger partial charge is 0.188 e. The fourth-order valence-corrected chi connectivity index (χ4v) is 2.13. The highest BCUT2D eigenvalue weighted by Crippen LogP contribution is 2.15. The van der Waals surface area contributed by atoms with Crippen LogP contribution in [0.25, 0.3) is 0 Å². The zero-order valence-corrected chi connectivity index (χ0v) is 12.2. The molecule has 0 bridgehead atoms. The Bertz CT molecular complexity index is 570. The van der Waals surface area contributed by atoms with E-state index in [-0.39, 0.29) is 12.2 Å². The fourth-order valence-electron chi connectivity index (χ4n) is 2.13. The van der Waals surface area contributed by atoms with E-state index in [0.29, 0.717) is 11.7 Å². The van der Waals surface area contributed by atoms with E-state index in [0.717, 1.165) is 24.2 Å². The van der Waals surface area contributed by atoms with Gasteiger partial charge in [-0.3, -0.25) is 14.5 Å². The lowest BCUT2D eigenvalue weighted by molar-refractivity contribution is 0.0986. The average Bonchev–Trinajstić information content (AvgIpc) is 2.89. The summed E-state index contributed by atoms with van der Waals surface area (Å²) in [6.45, 7) is 6.13. The lowest BCUT2D eigenvalue weighted by Gasteiger charge is -2.12. The Balaban J connectivity index is 2.06. The van der Waals surface area contributed by atoms with Crippen molar-refractivity contribution in [3.8, 4) is 0 Å². The third-order valence-corrected chi connectivity index (χ3v) is 3.39. The first kappa shape index (κ1) is 14.4. The lowest BCUT2D eigenvalue weighted by atomic mass is 10.2. The van der Waals surface area contributed by atoms with Gasteiger partial charge in [0.05, 0.1) is 30.0 Å². The minimum atomic E-state index is -0.0488. The van der Waals surface area contributed by atoms with Crippen molar-refractivity contribution in [2.75, 3.05) is 0 Å². The number of Topliss-reactive ketones (excluding diaryl/α,β-unsaturated/α-hetero) is 1. The van der Waals surface area contributed by atoms with E-state index < -0.39 is 0 Å². The molecule has 5 heteroatoms. The van der Waals surface area contributed by atoms with E-state index in [1.807, 2.05) is 23.9 Å². The molecule has 0 fully saturated rings. The number of carbonyl (C=O) groups excluding carboxylic acids is 1. The van der Waals surface area contributed by atoms with Crippen molar-refractivity contribution in [3.05, 3.63) is 41.7 Å². The molecule has 2 heterocycles. The Morgan fingerprint density at radius 2 is 2.00 bits per heavy atom. The van der Waals surface area contributed by atoms with Crippen molar-refractivity contribution in [2.24, 2.45) is 0 Å². The molecule has 0 aliphatic heterocycles. The molecule has 2 rings (SSSR count). The van der Waals surface area contributed by atoms with Crippen LogP contribution < -0.4 is 0 Å². The van der Waals surface area contributed by atoms with Gasteiger partial charge in [-0.1, -0.05) is 13.8 Å². The summed E-state index contributed by atoms with van der Waals surface area (Å²) in [6, 6.07) is 2.30. The number of rotatable bonds is 6. The Morgan fingerprint density at radius 1 is 1.25 bits per heavy atom. The molecule has 0 aliphatic carbocycles. The van der Waals surface area contributed by atoms with Gasteiger partial charge < -0.3 is 0 Å². The Kier molecular flexibility index (Phi) is 4.61. The van der Waals surface area contributed by atoms with Crippen molar-refractivity contribution in [1.82, 2.24) is 19.7 Å². The van der Waals surface area contributed by atoms with Gasteiger partial charge in [0.25, 0.3) is 0 Å². The van der Waals surface area contributed by atoms with E-state index in [9.17, 15) is 4.79 Å². The van der Waals surface area contributed by atoms with Gasteiger partial charge in [0.1, 0.15) is 5.69 Å². The SMILES string of the molecule is CCC(CC)n1ccc(CC(=O)c2cnc(C)cn2)n1. The summed E-state index contributed by atoms with van der Waals surface area (Å²) in [5, 5.41) is 4.48. The number of hydrogen-bond acceptors (Lipinski definition) is 4. The van der Waals surface area contributed by atoms with Gasteiger partial charge in [-0.25, -0.2) is 4.98 Å². The summed E-state index contributed by atoms with van der Waals surface area (Å²) < 4.78 is 1.95. The number of nitrogens with zero attached hydrogens (tertiary/aromatic N) is 4. The topological polar surface area (TPSA) is 60.7 Å². The first-order chi connectivity index (χ1) is 9.63. The molecule has 0 N–H and O–H groups in total. The quantitative estimate of drug-likeness (QED) is 0.759. The van der Waals surface area contributed by atoms with Gasteiger partial charge in [0.2, 0.25) is 0 Å². The van der Waals surface area contributed by atoms with Crippen molar-refractivity contribution in [3.63, 3.8) is 0 Å². The molecule has 0 spiro atoms. The normalized spacial score (nSPS) is 11.0. The molecule has 5 nitrogen and oxygen atoms in total. The van der Waals surface area contributed by atoms with Gasteiger partial charge in [-0.2, -0.15) is 5.10 Å². The van der Waals surface area contributed by atoms with E-state index in [1.54, 1.807) is 6.20 Å². The summed E-state index contributed by atoms with van der Waals surface area (Å²) in [5.41, 5.74) is 1.98. The second-order valence-corrected chi connectivity index (χ2v) is 4.90. The minimum absolute atomic E-state index is 0.0488. The largest absolute Gasteiger partial charge is 0.292 e. The number of aryl methyl sites for hydroxylation is 1. The summed E-state index contributed by atoms with van der Waals surface area (Å²) in [5.74, 6) is -0.0488. The van der Waals surface area contributed by atoms with Gasteiger partial charge in [0, 0.05) is 12.4 Å². The maximum atomic E-state index is 12.1. The highest BCUT2D eigenvalue weighted by Gasteiger charge is 2.13. The molecule has 0 amide bonds. The van der Waals surface area contributed by atoms with E-state index in [1.165, 1.54) is 6.20 Å². The molecule has 0 radical (unpaired) electrons. The summed E-state index contributed by atoms with van der Waals surface area (Å²) in [6.07, 6.45) is 7.42. The Hall–Kier alpha value is -2.04. The molecule has 0 aromatic carbocycles. The summed E-state index contributed by atoms with van der Waals surface area (Å²) >= 11 is 0. The maximum absolute atomic E-state index is 12.1. The molecule has 20 heavy (non-hydrogen) atoms. The van der Waals surface area contributed by atoms with Crippen LogP contribution in [0.15, 0.2) is 24.7 Å².